The van der Waals surface area contributed by atoms with Gasteiger partial charge in [-0.15, -0.1) is 0 Å². The van der Waals surface area contributed by atoms with Crippen LogP contribution in [0.1, 0.15) is 11.1 Å². The summed E-state index contributed by atoms with van der Waals surface area (Å²) in [5, 5.41) is 4.08. The first kappa shape index (κ1) is 19.9. The van der Waals surface area contributed by atoms with Crippen molar-refractivity contribution in [2.24, 2.45) is 0 Å². The number of ether oxygens (including phenoxy) is 1. The number of aromatic nitrogens is 3. The van der Waals surface area contributed by atoms with Crippen molar-refractivity contribution in [1.82, 2.24) is 24.8 Å². The molecule has 2 aromatic heterocycles. The summed E-state index contributed by atoms with van der Waals surface area (Å²) in [6, 6.07) is 12.2. The van der Waals surface area contributed by atoms with Gasteiger partial charge in [-0.1, -0.05) is 18.2 Å². The topological polar surface area (TPSA) is 72.3 Å². The molecule has 31 heavy (non-hydrogen) atoms. The van der Waals surface area contributed by atoms with E-state index in [9.17, 15) is 4.79 Å². The first-order valence-electron chi connectivity index (χ1n) is 10.8. The minimum atomic E-state index is -0.0158. The molecule has 1 N–H and O–H groups in total. The van der Waals surface area contributed by atoms with Crippen LogP contribution in [-0.2, 0) is 16.1 Å². The quantitative estimate of drug-likeness (QED) is 0.541. The van der Waals surface area contributed by atoms with Gasteiger partial charge in [0.2, 0.25) is 5.91 Å². The minimum absolute atomic E-state index is 0.0158. The molecule has 5 rings (SSSR count). The first-order chi connectivity index (χ1) is 15.1. The van der Waals surface area contributed by atoms with Crippen molar-refractivity contribution in [2.75, 3.05) is 39.4 Å². The Morgan fingerprint density at radius 3 is 2.55 bits per heavy atom. The summed E-state index contributed by atoms with van der Waals surface area (Å²) < 4.78 is 7.36. The maximum absolute atomic E-state index is 12.8. The van der Waals surface area contributed by atoms with Gasteiger partial charge in [-0.2, -0.15) is 0 Å². The van der Waals surface area contributed by atoms with E-state index in [1.54, 1.807) is 0 Å². The third-order valence-electron chi connectivity index (χ3n) is 6.12. The highest BCUT2D eigenvalue weighted by molar-refractivity contribution is 6.07. The SMILES string of the molecule is Cc1cc2nc3c4ccccc4n(CC(=O)NCCN4CCOCC4)c3nc2cc1C. The Labute approximate surface area is 181 Å². The van der Waals surface area contributed by atoms with E-state index < -0.39 is 0 Å². The highest BCUT2D eigenvalue weighted by Crippen LogP contribution is 2.28. The van der Waals surface area contributed by atoms with Crippen molar-refractivity contribution >= 4 is 39.0 Å². The molecule has 160 valence electrons. The molecule has 1 amide bonds. The number of aryl methyl sites for hydroxylation is 2. The number of hydrogen-bond donors (Lipinski definition) is 1. The fraction of sp³-hybridized carbons (Fsp3) is 0.375. The summed E-state index contributed by atoms with van der Waals surface area (Å²) in [6.45, 7) is 9.23. The van der Waals surface area contributed by atoms with E-state index in [1.165, 1.54) is 11.1 Å². The van der Waals surface area contributed by atoms with Crippen molar-refractivity contribution < 1.29 is 9.53 Å². The van der Waals surface area contributed by atoms with E-state index in [0.717, 1.165) is 65.9 Å². The molecule has 0 saturated carbocycles. The Hall–Kier alpha value is -3.03. The molecule has 0 spiro atoms. The average molecular weight is 418 g/mol. The molecule has 7 nitrogen and oxygen atoms in total. The molecule has 2 aromatic carbocycles. The molecule has 0 radical (unpaired) electrons. The second-order valence-corrected chi connectivity index (χ2v) is 8.23. The van der Waals surface area contributed by atoms with Gasteiger partial charge in [-0.3, -0.25) is 9.69 Å². The number of amides is 1. The number of rotatable bonds is 5. The minimum Gasteiger partial charge on any atom is -0.379 e. The van der Waals surface area contributed by atoms with Crippen LogP contribution in [0, 0.1) is 13.8 Å². The summed E-state index contributed by atoms with van der Waals surface area (Å²) in [5.41, 5.74) is 6.69. The second kappa shape index (κ2) is 8.24. The van der Waals surface area contributed by atoms with Crippen molar-refractivity contribution in [2.45, 2.75) is 20.4 Å². The number of hydrogen-bond acceptors (Lipinski definition) is 5. The summed E-state index contributed by atoms with van der Waals surface area (Å²) in [6.07, 6.45) is 0. The van der Waals surface area contributed by atoms with Crippen LogP contribution in [0.5, 0.6) is 0 Å². The molecule has 0 bridgehead atoms. The monoisotopic (exact) mass is 417 g/mol. The predicted molar refractivity (Wildman–Crippen MR) is 122 cm³/mol. The lowest BCUT2D eigenvalue weighted by Gasteiger charge is -2.26. The van der Waals surface area contributed by atoms with Crippen LogP contribution in [-0.4, -0.2) is 64.7 Å². The van der Waals surface area contributed by atoms with Crippen LogP contribution < -0.4 is 5.32 Å². The van der Waals surface area contributed by atoms with Crippen LogP contribution >= 0.6 is 0 Å². The summed E-state index contributed by atoms with van der Waals surface area (Å²) in [4.78, 5) is 24.9. The Balaban J connectivity index is 1.45. The summed E-state index contributed by atoms with van der Waals surface area (Å²) in [5.74, 6) is -0.0158. The van der Waals surface area contributed by atoms with Gasteiger partial charge in [0, 0.05) is 31.6 Å². The van der Waals surface area contributed by atoms with Gasteiger partial charge in [-0.05, 0) is 43.2 Å². The normalized spacial score (nSPS) is 15.2. The lowest BCUT2D eigenvalue weighted by Crippen LogP contribution is -2.41. The van der Waals surface area contributed by atoms with Gasteiger partial charge in [0.1, 0.15) is 12.1 Å². The van der Waals surface area contributed by atoms with Gasteiger partial charge in [0.25, 0.3) is 0 Å². The second-order valence-electron chi connectivity index (χ2n) is 8.23. The molecule has 3 heterocycles. The molecule has 1 aliphatic heterocycles. The van der Waals surface area contributed by atoms with Gasteiger partial charge in [-0.25, -0.2) is 9.97 Å². The fourth-order valence-electron chi connectivity index (χ4n) is 4.23. The van der Waals surface area contributed by atoms with E-state index in [0.29, 0.717) is 6.54 Å². The van der Waals surface area contributed by atoms with E-state index in [4.69, 9.17) is 14.7 Å². The number of carbonyl (C=O) groups excluding carboxylic acids is 1. The Morgan fingerprint density at radius 1 is 1.06 bits per heavy atom. The number of nitrogens with one attached hydrogen (secondary N) is 1. The number of para-hydroxylation sites is 1. The lowest BCUT2D eigenvalue weighted by molar-refractivity contribution is -0.121. The zero-order valence-electron chi connectivity index (χ0n) is 18.0. The highest BCUT2D eigenvalue weighted by atomic mass is 16.5. The van der Waals surface area contributed by atoms with Crippen LogP contribution in [0.2, 0.25) is 0 Å². The predicted octanol–water partition coefficient (Wildman–Crippen LogP) is 2.80. The Bertz CT molecular complexity index is 1270. The van der Waals surface area contributed by atoms with Crippen LogP contribution in [0.4, 0.5) is 0 Å². The molecule has 7 heteroatoms. The maximum atomic E-state index is 12.8. The Morgan fingerprint density at radius 2 is 1.77 bits per heavy atom. The summed E-state index contributed by atoms with van der Waals surface area (Å²) >= 11 is 0. The summed E-state index contributed by atoms with van der Waals surface area (Å²) in [7, 11) is 0. The lowest BCUT2D eigenvalue weighted by atomic mass is 10.1. The van der Waals surface area contributed by atoms with Gasteiger partial charge in [0.05, 0.1) is 29.8 Å². The van der Waals surface area contributed by atoms with Crippen molar-refractivity contribution in [3.05, 3.63) is 47.5 Å². The van der Waals surface area contributed by atoms with Crippen molar-refractivity contribution in [3.8, 4) is 0 Å². The van der Waals surface area contributed by atoms with E-state index in [1.807, 2.05) is 28.8 Å². The molecule has 1 fully saturated rings. The zero-order chi connectivity index (χ0) is 21.4. The smallest absolute Gasteiger partial charge is 0.240 e. The largest absolute Gasteiger partial charge is 0.379 e. The molecule has 0 aliphatic carbocycles. The molecule has 1 aliphatic rings. The number of nitrogens with zero attached hydrogens (tertiary/aromatic N) is 4. The number of morpholine rings is 1. The van der Waals surface area contributed by atoms with Crippen LogP contribution in [0.15, 0.2) is 36.4 Å². The molecule has 1 saturated heterocycles. The third kappa shape index (κ3) is 3.86. The first-order valence-corrected chi connectivity index (χ1v) is 10.8. The van der Waals surface area contributed by atoms with Gasteiger partial charge in [0.15, 0.2) is 5.65 Å². The van der Waals surface area contributed by atoms with E-state index >= 15 is 0 Å². The zero-order valence-corrected chi connectivity index (χ0v) is 18.0. The van der Waals surface area contributed by atoms with Crippen molar-refractivity contribution in [3.63, 3.8) is 0 Å². The molecular weight excluding hydrogens is 390 g/mol. The standard InChI is InChI=1S/C24H27N5O2/c1-16-13-19-20(14-17(16)2)27-24-23(26-19)18-5-3-4-6-21(18)29(24)15-22(30)25-7-8-28-9-11-31-12-10-28/h3-6,13-14H,7-12,15H2,1-2H3,(H,25,30). The van der Waals surface area contributed by atoms with Crippen LogP contribution in [0.3, 0.4) is 0 Å². The maximum Gasteiger partial charge on any atom is 0.240 e. The fourth-order valence-corrected chi connectivity index (χ4v) is 4.23. The molecule has 4 aromatic rings. The van der Waals surface area contributed by atoms with E-state index in [-0.39, 0.29) is 12.5 Å². The van der Waals surface area contributed by atoms with E-state index in [2.05, 4.69) is 36.2 Å². The Kier molecular flexibility index (Phi) is 5.29. The van der Waals surface area contributed by atoms with Gasteiger partial charge >= 0.3 is 0 Å². The number of benzene rings is 2. The molecular formula is C24H27N5O2. The average Bonchev–Trinajstić information content (AvgIpc) is 3.07. The van der Waals surface area contributed by atoms with Gasteiger partial charge < -0.3 is 14.6 Å². The molecule has 0 unspecified atom stereocenters. The van der Waals surface area contributed by atoms with Crippen LogP contribution in [0.25, 0.3) is 33.1 Å². The highest BCUT2D eigenvalue weighted by Gasteiger charge is 2.17. The molecule has 0 atom stereocenters. The number of carbonyl (C=O) groups is 1. The third-order valence-corrected chi connectivity index (χ3v) is 6.12. The van der Waals surface area contributed by atoms with Crippen molar-refractivity contribution in [1.29, 1.82) is 0 Å². The number of fused-ring (bicyclic) bond motifs is 4.